The van der Waals surface area contributed by atoms with Gasteiger partial charge in [0.1, 0.15) is 0 Å². The Morgan fingerprint density at radius 3 is 2.76 bits per heavy atom. The van der Waals surface area contributed by atoms with Crippen LogP contribution in [-0.4, -0.2) is 24.5 Å². The van der Waals surface area contributed by atoms with E-state index in [-0.39, 0.29) is 12.1 Å². The number of unbranched alkanes of at least 4 members (excludes halogenated alkanes) is 4. The standard InChI is InChI=1S/C18H27NO2/c1-3-4-5-6-7-12-17(20)19-14-13-15-10-8-9-11-16(15)18(19)21-2/h8-11,18H,3-7,12-14H2,1-2H3. The molecular formula is C18H27NO2. The molecule has 1 aliphatic rings. The number of ether oxygens (including phenoxy) is 1. The number of carbonyl (C=O) groups is 1. The van der Waals surface area contributed by atoms with Gasteiger partial charge in [0.05, 0.1) is 0 Å². The molecule has 0 spiro atoms. The molecular weight excluding hydrogens is 262 g/mol. The molecule has 1 aromatic rings. The maximum atomic E-state index is 12.5. The van der Waals surface area contributed by atoms with E-state index in [4.69, 9.17) is 4.74 Å². The topological polar surface area (TPSA) is 29.5 Å². The first-order valence-electron chi connectivity index (χ1n) is 8.18. The van der Waals surface area contributed by atoms with Crippen LogP contribution in [0.5, 0.6) is 0 Å². The number of benzene rings is 1. The predicted molar refractivity (Wildman–Crippen MR) is 85.0 cm³/mol. The lowest BCUT2D eigenvalue weighted by Gasteiger charge is -2.36. The van der Waals surface area contributed by atoms with E-state index in [9.17, 15) is 4.79 Å². The van der Waals surface area contributed by atoms with Gasteiger partial charge in [0.25, 0.3) is 0 Å². The lowest BCUT2D eigenvalue weighted by Crippen LogP contribution is -2.40. The molecule has 3 nitrogen and oxygen atoms in total. The van der Waals surface area contributed by atoms with Gasteiger partial charge in [-0.1, -0.05) is 56.9 Å². The summed E-state index contributed by atoms with van der Waals surface area (Å²) in [6, 6.07) is 8.28. The van der Waals surface area contributed by atoms with Gasteiger partial charge in [0.15, 0.2) is 6.23 Å². The zero-order valence-electron chi connectivity index (χ0n) is 13.3. The summed E-state index contributed by atoms with van der Waals surface area (Å²) < 4.78 is 5.60. The highest BCUT2D eigenvalue weighted by Crippen LogP contribution is 2.30. The monoisotopic (exact) mass is 289 g/mol. The molecule has 1 aliphatic heterocycles. The van der Waals surface area contributed by atoms with Gasteiger partial charge in [-0.05, 0) is 18.4 Å². The number of methoxy groups -OCH3 is 1. The Balaban J connectivity index is 1.92. The molecule has 0 fully saturated rings. The van der Waals surface area contributed by atoms with Crippen molar-refractivity contribution in [3.63, 3.8) is 0 Å². The third-order valence-electron chi connectivity index (χ3n) is 4.26. The van der Waals surface area contributed by atoms with Gasteiger partial charge in [0.2, 0.25) is 5.91 Å². The quantitative estimate of drug-likeness (QED) is 0.708. The van der Waals surface area contributed by atoms with E-state index in [0.29, 0.717) is 6.42 Å². The van der Waals surface area contributed by atoms with Gasteiger partial charge >= 0.3 is 0 Å². The smallest absolute Gasteiger partial charge is 0.224 e. The summed E-state index contributed by atoms with van der Waals surface area (Å²) in [4.78, 5) is 14.4. The molecule has 1 atom stereocenters. The molecule has 1 unspecified atom stereocenters. The highest BCUT2D eigenvalue weighted by Gasteiger charge is 2.29. The molecule has 2 rings (SSSR count). The second-order valence-electron chi connectivity index (χ2n) is 5.79. The first-order valence-corrected chi connectivity index (χ1v) is 8.18. The van der Waals surface area contributed by atoms with E-state index < -0.39 is 0 Å². The first-order chi connectivity index (χ1) is 10.3. The van der Waals surface area contributed by atoms with Gasteiger partial charge in [-0.2, -0.15) is 0 Å². The minimum atomic E-state index is -0.210. The molecule has 1 amide bonds. The lowest BCUT2D eigenvalue weighted by molar-refractivity contribution is -0.145. The Labute approximate surface area is 128 Å². The van der Waals surface area contributed by atoms with Gasteiger partial charge in [-0.15, -0.1) is 0 Å². The molecule has 0 saturated heterocycles. The molecule has 116 valence electrons. The van der Waals surface area contributed by atoms with Crippen molar-refractivity contribution in [3.8, 4) is 0 Å². The fourth-order valence-electron chi connectivity index (χ4n) is 3.06. The maximum Gasteiger partial charge on any atom is 0.224 e. The summed E-state index contributed by atoms with van der Waals surface area (Å²) in [7, 11) is 1.69. The number of hydrogen-bond acceptors (Lipinski definition) is 2. The molecule has 0 saturated carbocycles. The van der Waals surface area contributed by atoms with Crippen molar-refractivity contribution in [3.05, 3.63) is 35.4 Å². The molecule has 0 aromatic heterocycles. The summed E-state index contributed by atoms with van der Waals surface area (Å²) in [5.41, 5.74) is 2.45. The lowest BCUT2D eigenvalue weighted by atomic mass is 9.97. The molecule has 0 N–H and O–H groups in total. The van der Waals surface area contributed by atoms with E-state index in [1.54, 1.807) is 7.11 Å². The number of rotatable bonds is 7. The van der Waals surface area contributed by atoms with Crippen LogP contribution in [0.2, 0.25) is 0 Å². The summed E-state index contributed by atoms with van der Waals surface area (Å²) >= 11 is 0. The number of nitrogens with zero attached hydrogens (tertiary/aromatic N) is 1. The number of amides is 1. The average Bonchev–Trinajstić information content (AvgIpc) is 2.53. The third kappa shape index (κ3) is 4.07. The number of hydrogen-bond donors (Lipinski definition) is 0. The molecule has 1 aromatic carbocycles. The predicted octanol–water partition coefficient (Wildman–Crippen LogP) is 4.08. The van der Waals surface area contributed by atoms with E-state index >= 15 is 0 Å². The van der Waals surface area contributed by atoms with Crippen LogP contribution in [0.4, 0.5) is 0 Å². The SMILES string of the molecule is CCCCCCCC(=O)N1CCc2ccccc2C1OC. The Bertz CT molecular complexity index is 458. The second kappa shape index (κ2) is 8.18. The van der Waals surface area contributed by atoms with Crippen molar-refractivity contribution in [1.82, 2.24) is 4.90 Å². The Hall–Kier alpha value is -1.35. The first kappa shape index (κ1) is 16.0. The third-order valence-corrected chi connectivity index (χ3v) is 4.26. The Kier molecular flexibility index (Phi) is 6.24. The Morgan fingerprint density at radius 1 is 1.24 bits per heavy atom. The molecule has 0 bridgehead atoms. The van der Waals surface area contributed by atoms with Crippen LogP contribution in [0.25, 0.3) is 0 Å². The number of fused-ring (bicyclic) bond motifs is 1. The van der Waals surface area contributed by atoms with E-state index in [1.165, 1.54) is 24.8 Å². The molecule has 21 heavy (non-hydrogen) atoms. The second-order valence-corrected chi connectivity index (χ2v) is 5.79. The van der Waals surface area contributed by atoms with Crippen molar-refractivity contribution >= 4 is 5.91 Å². The zero-order valence-corrected chi connectivity index (χ0v) is 13.3. The minimum Gasteiger partial charge on any atom is -0.357 e. The fraction of sp³-hybridized carbons (Fsp3) is 0.611. The Morgan fingerprint density at radius 2 is 2.00 bits per heavy atom. The van der Waals surface area contributed by atoms with E-state index in [0.717, 1.165) is 31.4 Å². The fourth-order valence-corrected chi connectivity index (χ4v) is 3.06. The van der Waals surface area contributed by atoms with Crippen molar-refractivity contribution in [2.45, 2.75) is 58.1 Å². The molecule has 0 radical (unpaired) electrons. The summed E-state index contributed by atoms with van der Waals surface area (Å²) in [6.07, 6.45) is 7.26. The zero-order chi connectivity index (χ0) is 15.1. The van der Waals surface area contributed by atoms with Crippen LogP contribution in [0.3, 0.4) is 0 Å². The van der Waals surface area contributed by atoms with Crippen LogP contribution < -0.4 is 0 Å². The van der Waals surface area contributed by atoms with Crippen molar-refractivity contribution in [1.29, 1.82) is 0 Å². The number of carbonyl (C=O) groups excluding carboxylic acids is 1. The van der Waals surface area contributed by atoms with Crippen LogP contribution >= 0.6 is 0 Å². The van der Waals surface area contributed by atoms with Gasteiger partial charge < -0.3 is 9.64 Å². The largest absolute Gasteiger partial charge is 0.357 e. The van der Waals surface area contributed by atoms with E-state index in [2.05, 4.69) is 25.1 Å². The van der Waals surface area contributed by atoms with Gasteiger partial charge in [-0.25, -0.2) is 0 Å². The van der Waals surface area contributed by atoms with E-state index in [1.807, 2.05) is 11.0 Å². The van der Waals surface area contributed by atoms with Crippen LogP contribution in [0.15, 0.2) is 24.3 Å². The average molecular weight is 289 g/mol. The molecule has 0 aliphatic carbocycles. The normalized spacial score (nSPS) is 17.6. The highest BCUT2D eigenvalue weighted by atomic mass is 16.5. The van der Waals surface area contributed by atoms with Crippen molar-refractivity contribution < 1.29 is 9.53 Å². The summed E-state index contributed by atoms with van der Waals surface area (Å²) in [5, 5.41) is 0. The maximum absolute atomic E-state index is 12.5. The van der Waals surface area contributed by atoms with Crippen LogP contribution in [0.1, 0.15) is 62.8 Å². The van der Waals surface area contributed by atoms with Crippen molar-refractivity contribution in [2.24, 2.45) is 0 Å². The summed E-state index contributed by atoms with van der Waals surface area (Å²) in [5.74, 6) is 0.229. The molecule has 3 heteroatoms. The van der Waals surface area contributed by atoms with Crippen molar-refractivity contribution in [2.75, 3.05) is 13.7 Å². The van der Waals surface area contributed by atoms with Crippen LogP contribution in [0, 0.1) is 0 Å². The summed E-state index contributed by atoms with van der Waals surface area (Å²) in [6.45, 7) is 2.98. The van der Waals surface area contributed by atoms with Gasteiger partial charge in [0, 0.05) is 25.6 Å². The molecule has 1 heterocycles. The van der Waals surface area contributed by atoms with Crippen LogP contribution in [-0.2, 0) is 16.0 Å². The minimum absolute atomic E-state index is 0.210. The van der Waals surface area contributed by atoms with Gasteiger partial charge in [-0.3, -0.25) is 4.79 Å². The highest BCUT2D eigenvalue weighted by molar-refractivity contribution is 5.77.